The van der Waals surface area contributed by atoms with E-state index in [9.17, 15) is 14.4 Å². The molecular formula is C18H12BrFN2O3. The highest BCUT2D eigenvalue weighted by Crippen LogP contribution is 2.32. The number of rotatable bonds is 3. The predicted molar refractivity (Wildman–Crippen MR) is 93.8 cm³/mol. The molecule has 0 radical (unpaired) electrons. The molecule has 1 heterocycles. The van der Waals surface area contributed by atoms with Crippen LogP contribution < -0.4 is 14.8 Å². The monoisotopic (exact) mass is 402 g/mol. The van der Waals surface area contributed by atoms with Crippen molar-refractivity contribution < 1.29 is 18.7 Å². The van der Waals surface area contributed by atoms with Gasteiger partial charge in [0.2, 0.25) is 0 Å². The Morgan fingerprint density at radius 3 is 2.68 bits per heavy atom. The number of nitriles is 1. The Labute approximate surface area is 151 Å². The fourth-order valence-electron chi connectivity index (χ4n) is 2.24. The lowest BCUT2D eigenvalue weighted by molar-refractivity contribution is -0.112. The number of nitrogens with zero attached hydrogens (tertiary/aromatic N) is 1. The molecular weight excluding hydrogens is 391 g/mol. The normalized spacial score (nSPS) is 13.1. The van der Waals surface area contributed by atoms with E-state index in [4.69, 9.17) is 9.47 Å². The number of carbonyl (C=O) groups excluding carboxylic acids is 1. The van der Waals surface area contributed by atoms with Crippen molar-refractivity contribution in [1.29, 1.82) is 5.26 Å². The van der Waals surface area contributed by atoms with Crippen LogP contribution in [0.2, 0.25) is 0 Å². The zero-order valence-corrected chi connectivity index (χ0v) is 14.5. The first-order valence-electron chi connectivity index (χ1n) is 7.34. The second-order valence-corrected chi connectivity index (χ2v) is 6.01. The van der Waals surface area contributed by atoms with E-state index in [-0.39, 0.29) is 10.0 Å². The molecule has 0 aliphatic carbocycles. The predicted octanol–water partition coefficient (Wildman–Crippen LogP) is 3.91. The summed E-state index contributed by atoms with van der Waals surface area (Å²) in [5, 5.41) is 11.9. The quantitative estimate of drug-likeness (QED) is 0.623. The van der Waals surface area contributed by atoms with Crippen LogP contribution in [0.25, 0.3) is 6.08 Å². The van der Waals surface area contributed by atoms with Gasteiger partial charge in [-0.05, 0) is 51.8 Å². The first kappa shape index (κ1) is 17.0. The summed E-state index contributed by atoms with van der Waals surface area (Å²) in [7, 11) is 0. The molecule has 0 unspecified atom stereocenters. The van der Waals surface area contributed by atoms with Gasteiger partial charge in [0.05, 0.1) is 4.47 Å². The summed E-state index contributed by atoms with van der Waals surface area (Å²) >= 11 is 3.07. The Balaban J connectivity index is 1.79. The molecule has 0 fully saturated rings. The topological polar surface area (TPSA) is 71.4 Å². The zero-order valence-electron chi connectivity index (χ0n) is 12.9. The molecule has 126 valence electrons. The summed E-state index contributed by atoms with van der Waals surface area (Å²) < 4.78 is 24.4. The maximum atomic E-state index is 13.3. The number of amides is 1. The molecule has 3 rings (SSSR count). The van der Waals surface area contributed by atoms with Crippen molar-refractivity contribution in [2.75, 3.05) is 18.5 Å². The first-order chi connectivity index (χ1) is 12.1. The van der Waals surface area contributed by atoms with E-state index < -0.39 is 11.7 Å². The average molecular weight is 403 g/mol. The minimum Gasteiger partial charge on any atom is -0.486 e. The average Bonchev–Trinajstić information content (AvgIpc) is 2.62. The molecule has 0 spiro atoms. The van der Waals surface area contributed by atoms with Crippen molar-refractivity contribution in [2.24, 2.45) is 0 Å². The van der Waals surface area contributed by atoms with Gasteiger partial charge >= 0.3 is 0 Å². The second kappa shape index (κ2) is 7.36. The molecule has 25 heavy (non-hydrogen) atoms. The number of fused-ring (bicyclic) bond motifs is 1. The van der Waals surface area contributed by atoms with Crippen molar-refractivity contribution in [3.8, 4) is 17.6 Å². The van der Waals surface area contributed by atoms with E-state index in [1.807, 2.05) is 6.07 Å². The van der Waals surface area contributed by atoms with Gasteiger partial charge in [-0.1, -0.05) is 6.07 Å². The first-order valence-corrected chi connectivity index (χ1v) is 8.14. The number of benzene rings is 2. The fourth-order valence-corrected chi connectivity index (χ4v) is 2.63. The van der Waals surface area contributed by atoms with E-state index in [1.54, 1.807) is 18.2 Å². The summed E-state index contributed by atoms with van der Waals surface area (Å²) in [6.07, 6.45) is 1.39. The summed E-state index contributed by atoms with van der Waals surface area (Å²) in [6, 6.07) is 11.1. The standard InChI is InChI=1S/C18H12BrFN2O3/c19-14-8-11(1-3-15(14)20)7-12(10-21)18(23)22-13-2-4-16-17(9-13)25-6-5-24-16/h1-4,7-9H,5-6H2,(H,22,23)/b12-7+. The van der Waals surface area contributed by atoms with Crippen molar-refractivity contribution in [2.45, 2.75) is 0 Å². The number of anilines is 1. The minimum absolute atomic E-state index is 0.103. The van der Waals surface area contributed by atoms with E-state index in [0.29, 0.717) is 36.0 Å². The van der Waals surface area contributed by atoms with E-state index >= 15 is 0 Å². The van der Waals surface area contributed by atoms with Gasteiger partial charge in [0.15, 0.2) is 11.5 Å². The highest BCUT2D eigenvalue weighted by Gasteiger charge is 2.14. The molecule has 1 N–H and O–H groups in total. The van der Waals surface area contributed by atoms with Crippen LogP contribution >= 0.6 is 15.9 Å². The number of halogens is 2. The molecule has 1 amide bonds. The van der Waals surface area contributed by atoms with Gasteiger partial charge in [-0.2, -0.15) is 5.26 Å². The van der Waals surface area contributed by atoms with E-state index in [0.717, 1.165) is 0 Å². The van der Waals surface area contributed by atoms with Crippen molar-refractivity contribution in [3.63, 3.8) is 0 Å². The Morgan fingerprint density at radius 1 is 1.20 bits per heavy atom. The number of ether oxygens (including phenoxy) is 2. The molecule has 0 saturated carbocycles. The molecule has 7 heteroatoms. The van der Waals surface area contributed by atoms with Crippen molar-refractivity contribution in [3.05, 3.63) is 57.8 Å². The summed E-state index contributed by atoms with van der Waals surface area (Å²) in [6.45, 7) is 0.917. The van der Waals surface area contributed by atoms with Crippen LogP contribution in [0.1, 0.15) is 5.56 Å². The zero-order chi connectivity index (χ0) is 17.8. The van der Waals surface area contributed by atoms with Crippen molar-refractivity contribution in [1.82, 2.24) is 0 Å². The Kier molecular flexibility index (Phi) is 5.00. The Bertz CT molecular complexity index is 906. The van der Waals surface area contributed by atoms with Gasteiger partial charge in [0.25, 0.3) is 5.91 Å². The van der Waals surface area contributed by atoms with E-state index in [1.165, 1.54) is 24.3 Å². The SMILES string of the molecule is N#C/C(=C\c1ccc(F)c(Br)c1)C(=O)Nc1ccc2c(c1)OCCO2. The summed E-state index contributed by atoms with van der Waals surface area (Å²) in [5.74, 6) is 0.154. The smallest absolute Gasteiger partial charge is 0.266 e. The van der Waals surface area contributed by atoms with E-state index in [2.05, 4.69) is 21.2 Å². The highest BCUT2D eigenvalue weighted by atomic mass is 79.9. The van der Waals surface area contributed by atoms with Crippen LogP contribution in [-0.4, -0.2) is 19.1 Å². The minimum atomic E-state index is -0.570. The lowest BCUT2D eigenvalue weighted by Crippen LogP contribution is -2.17. The van der Waals surface area contributed by atoms with Gasteiger partial charge in [0.1, 0.15) is 30.7 Å². The lowest BCUT2D eigenvalue weighted by Gasteiger charge is -2.18. The van der Waals surface area contributed by atoms with Crippen LogP contribution in [0.3, 0.4) is 0 Å². The molecule has 1 aliphatic rings. The third-order valence-corrected chi connectivity index (χ3v) is 4.03. The Morgan fingerprint density at radius 2 is 1.96 bits per heavy atom. The van der Waals surface area contributed by atoms with Gasteiger partial charge in [0, 0.05) is 11.8 Å². The maximum Gasteiger partial charge on any atom is 0.266 e. The summed E-state index contributed by atoms with van der Waals surface area (Å²) in [5.41, 5.74) is 0.909. The van der Waals surface area contributed by atoms with Crippen LogP contribution in [0.4, 0.5) is 10.1 Å². The fraction of sp³-hybridized carbons (Fsp3) is 0.111. The molecule has 1 aliphatic heterocycles. The number of hydrogen-bond donors (Lipinski definition) is 1. The third kappa shape index (κ3) is 3.98. The molecule has 0 saturated heterocycles. The molecule has 0 atom stereocenters. The van der Waals surface area contributed by atoms with Gasteiger partial charge < -0.3 is 14.8 Å². The van der Waals surface area contributed by atoms with Crippen molar-refractivity contribution >= 4 is 33.6 Å². The van der Waals surface area contributed by atoms with Crippen LogP contribution in [0.5, 0.6) is 11.5 Å². The highest BCUT2D eigenvalue weighted by molar-refractivity contribution is 9.10. The van der Waals surface area contributed by atoms with Gasteiger partial charge in [-0.3, -0.25) is 4.79 Å². The van der Waals surface area contributed by atoms with Gasteiger partial charge in [-0.25, -0.2) is 4.39 Å². The lowest BCUT2D eigenvalue weighted by atomic mass is 10.1. The Hall–Kier alpha value is -2.85. The van der Waals surface area contributed by atoms with Crippen LogP contribution in [0, 0.1) is 17.1 Å². The number of nitrogens with one attached hydrogen (secondary N) is 1. The largest absolute Gasteiger partial charge is 0.486 e. The number of carbonyl (C=O) groups is 1. The van der Waals surface area contributed by atoms with Crippen LogP contribution in [0.15, 0.2) is 46.4 Å². The molecule has 2 aromatic carbocycles. The molecule has 0 bridgehead atoms. The molecule has 5 nitrogen and oxygen atoms in total. The molecule has 0 aromatic heterocycles. The third-order valence-electron chi connectivity index (χ3n) is 3.42. The van der Waals surface area contributed by atoms with Crippen LogP contribution in [-0.2, 0) is 4.79 Å². The molecule has 2 aromatic rings. The maximum absolute atomic E-state index is 13.3. The second-order valence-electron chi connectivity index (χ2n) is 5.16. The number of hydrogen-bond acceptors (Lipinski definition) is 4. The van der Waals surface area contributed by atoms with Gasteiger partial charge in [-0.15, -0.1) is 0 Å². The summed E-state index contributed by atoms with van der Waals surface area (Å²) in [4.78, 5) is 12.3.